The first-order valence-corrected chi connectivity index (χ1v) is 13.6. The summed E-state index contributed by atoms with van der Waals surface area (Å²) in [5.74, 6) is 0.700. The highest BCUT2D eigenvalue weighted by Crippen LogP contribution is 2.38. The van der Waals surface area contributed by atoms with E-state index in [1.54, 1.807) is 12.1 Å². The Kier molecular flexibility index (Phi) is 5.97. The van der Waals surface area contributed by atoms with Crippen molar-refractivity contribution in [2.45, 2.75) is 43.5 Å². The van der Waals surface area contributed by atoms with Crippen molar-refractivity contribution < 1.29 is 8.42 Å². The quantitative estimate of drug-likeness (QED) is 0.347. The lowest BCUT2D eigenvalue weighted by atomic mass is 9.89. The van der Waals surface area contributed by atoms with Gasteiger partial charge in [0, 0.05) is 35.5 Å². The van der Waals surface area contributed by atoms with Crippen molar-refractivity contribution in [3.8, 4) is 28.5 Å². The summed E-state index contributed by atoms with van der Waals surface area (Å²) in [5, 5.41) is 10.3. The van der Waals surface area contributed by atoms with E-state index in [4.69, 9.17) is 4.98 Å². The van der Waals surface area contributed by atoms with E-state index in [1.807, 2.05) is 42.6 Å². The van der Waals surface area contributed by atoms with Crippen LogP contribution in [0.5, 0.6) is 0 Å². The first-order chi connectivity index (χ1) is 16.4. The van der Waals surface area contributed by atoms with Crippen LogP contribution in [0.3, 0.4) is 0 Å². The first kappa shape index (κ1) is 22.4. The fourth-order valence-electron chi connectivity index (χ4n) is 5.05. The van der Waals surface area contributed by atoms with E-state index in [2.05, 4.69) is 22.9 Å². The van der Waals surface area contributed by atoms with Crippen LogP contribution in [-0.4, -0.2) is 24.2 Å². The van der Waals surface area contributed by atoms with Crippen molar-refractivity contribution in [3.05, 3.63) is 72.6 Å². The van der Waals surface area contributed by atoms with E-state index < -0.39 is 9.84 Å². The molecule has 1 aliphatic rings. The summed E-state index contributed by atoms with van der Waals surface area (Å²) < 4.78 is 26.2. The van der Waals surface area contributed by atoms with Crippen molar-refractivity contribution in [2.24, 2.45) is 5.92 Å². The number of hydrogen-bond donors (Lipinski definition) is 0. The molecule has 4 aromatic rings. The third-order valence-corrected chi connectivity index (χ3v) is 8.00. The molecule has 0 unspecified atom stereocenters. The van der Waals surface area contributed by atoms with Gasteiger partial charge in [-0.05, 0) is 54.7 Å². The average Bonchev–Trinajstić information content (AvgIpc) is 3.26. The lowest BCUT2D eigenvalue weighted by Gasteiger charge is -2.22. The van der Waals surface area contributed by atoms with E-state index in [1.165, 1.54) is 38.4 Å². The second-order valence-electron chi connectivity index (χ2n) is 9.24. The standard InChI is InChI=1S/C28H27N3O2S/c1-34(32,33)24-13-11-23(12-14-24)28-27(22-9-7-20(17-29)8-10-22)25-15-16-31(26(25)18-30-28)19-21-5-3-2-4-6-21/h7-16,18,21H,2-6,19H2,1H3. The van der Waals surface area contributed by atoms with Gasteiger partial charge in [0.25, 0.3) is 0 Å². The number of fused-ring (bicyclic) bond motifs is 1. The highest BCUT2D eigenvalue weighted by molar-refractivity contribution is 7.90. The SMILES string of the molecule is CS(=O)(=O)c1ccc(-c2ncc3c(ccn3CC3CCCCC3)c2-c2ccc(C#N)cc2)cc1. The van der Waals surface area contributed by atoms with Gasteiger partial charge in [0.05, 0.1) is 33.9 Å². The minimum absolute atomic E-state index is 0.288. The van der Waals surface area contributed by atoms with Gasteiger partial charge in [0.1, 0.15) is 0 Å². The molecule has 2 aromatic heterocycles. The van der Waals surface area contributed by atoms with Crippen molar-refractivity contribution in [1.29, 1.82) is 5.26 Å². The molecule has 0 N–H and O–H groups in total. The van der Waals surface area contributed by atoms with Gasteiger partial charge in [0.15, 0.2) is 9.84 Å². The lowest BCUT2D eigenvalue weighted by molar-refractivity contribution is 0.322. The summed E-state index contributed by atoms with van der Waals surface area (Å²) in [4.78, 5) is 5.17. The largest absolute Gasteiger partial charge is 0.346 e. The predicted molar refractivity (Wildman–Crippen MR) is 135 cm³/mol. The molecule has 172 valence electrons. The summed E-state index contributed by atoms with van der Waals surface area (Å²) >= 11 is 0. The minimum atomic E-state index is -3.27. The smallest absolute Gasteiger partial charge is 0.175 e. The number of nitrogens with zero attached hydrogens (tertiary/aromatic N) is 3. The van der Waals surface area contributed by atoms with Crippen LogP contribution in [0.15, 0.2) is 71.9 Å². The van der Waals surface area contributed by atoms with Crippen LogP contribution in [-0.2, 0) is 16.4 Å². The molecule has 2 aromatic carbocycles. The van der Waals surface area contributed by atoms with Crippen molar-refractivity contribution in [2.75, 3.05) is 6.26 Å². The molecule has 0 saturated heterocycles. The van der Waals surface area contributed by atoms with Crippen molar-refractivity contribution in [1.82, 2.24) is 9.55 Å². The van der Waals surface area contributed by atoms with Gasteiger partial charge >= 0.3 is 0 Å². The predicted octanol–water partition coefficient (Wildman–Crippen LogP) is 6.23. The Morgan fingerprint density at radius 1 is 0.971 bits per heavy atom. The van der Waals surface area contributed by atoms with E-state index in [-0.39, 0.29) is 4.90 Å². The molecule has 1 aliphatic carbocycles. The second-order valence-corrected chi connectivity index (χ2v) is 11.3. The maximum absolute atomic E-state index is 11.9. The average molecular weight is 470 g/mol. The summed E-state index contributed by atoms with van der Waals surface area (Å²) in [6.45, 7) is 1.00. The number of nitriles is 1. The van der Waals surface area contributed by atoms with Gasteiger partial charge in [-0.1, -0.05) is 43.5 Å². The molecule has 5 rings (SSSR count). The van der Waals surface area contributed by atoms with E-state index in [0.717, 1.165) is 39.8 Å². The fourth-order valence-corrected chi connectivity index (χ4v) is 5.68. The van der Waals surface area contributed by atoms with Gasteiger partial charge < -0.3 is 4.57 Å². The number of pyridine rings is 1. The Balaban J connectivity index is 1.64. The molecule has 0 bridgehead atoms. The maximum atomic E-state index is 11.9. The molecule has 0 aliphatic heterocycles. The van der Waals surface area contributed by atoms with Crippen molar-refractivity contribution in [3.63, 3.8) is 0 Å². The Morgan fingerprint density at radius 3 is 2.29 bits per heavy atom. The molecule has 0 radical (unpaired) electrons. The molecular formula is C28H27N3O2S. The highest BCUT2D eigenvalue weighted by atomic mass is 32.2. The van der Waals surface area contributed by atoms with Crippen LogP contribution in [0.25, 0.3) is 33.3 Å². The van der Waals surface area contributed by atoms with E-state index in [9.17, 15) is 13.7 Å². The molecule has 0 amide bonds. The van der Waals surface area contributed by atoms with E-state index in [0.29, 0.717) is 11.5 Å². The topological polar surface area (TPSA) is 75.8 Å². The maximum Gasteiger partial charge on any atom is 0.175 e. The van der Waals surface area contributed by atoms with Crippen LogP contribution >= 0.6 is 0 Å². The second kappa shape index (κ2) is 9.08. The molecule has 2 heterocycles. The van der Waals surface area contributed by atoms with Crippen LogP contribution in [0.2, 0.25) is 0 Å². The Hall–Kier alpha value is -3.43. The van der Waals surface area contributed by atoms with Crippen LogP contribution in [0, 0.1) is 17.2 Å². The van der Waals surface area contributed by atoms with Crippen LogP contribution in [0.1, 0.15) is 37.7 Å². The highest BCUT2D eigenvalue weighted by Gasteiger charge is 2.19. The number of aromatic nitrogens is 2. The van der Waals surface area contributed by atoms with Gasteiger partial charge in [-0.3, -0.25) is 4.98 Å². The monoisotopic (exact) mass is 469 g/mol. The first-order valence-electron chi connectivity index (χ1n) is 11.7. The Labute approximate surface area is 200 Å². The molecule has 0 atom stereocenters. The van der Waals surface area contributed by atoms with Crippen LogP contribution in [0.4, 0.5) is 0 Å². The number of hydrogen-bond acceptors (Lipinski definition) is 4. The molecule has 6 heteroatoms. The van der Waals surface area contributed by atoms with E-state index >= 15 is 0 Å². The summed E-state index contributed by atoms with van der Waals surface area (Å²) in [6.07, 6.45) is 11.8. The molecule has 34 heavy (non-hydrogen) atoms. The number of rotatable bonds is 5. The fraction of sp³-hybridized carbons (Fsp3) is 0.286. The van der Waals surface area contributed by atoms with Gasteiger partial charge in [0.2, 0.25) is 0 Å². The zero-order chi connectivity index (χ0) is 23.7. The molecule has 1 saturated carbocycles. The lowest BCUT2D eigenvalue weighted by Crippen LogP contribution is -2.13. The third-order valence-electron chi connectivity index (χ3n) is 6.87. The normalized spacial score (nSPS) is 14.8. The van der Waals surface area contributed by atoms with Gasteiger partial charge in [-0.25, -0.2) is 8.42 Å². The number of benzene rings is 2. The zero-order valence-corrected chi connectivity index (χ0v) is 20.1. The van der Waals surface area contributed by atoms with Gasteiger partial charge in [-0.2, -0.15) is 5.26 Å². The third kappa shape index (κ3) is 4.36. The summed E-state index contributed by atoms with van der Waals surface area (Å²) in [7, 11) is -3.27. The molecule has 5 nitrogen and oxygen atoms in total. The molecule has 0 spiro atoms. The van der Waals surface area contributed by atoms with Crippen LogP contribution < -0.4 is 0 Å². The summed E-state index contributed by atoms with van der Waals surface area (Å²) in [5.41, 5.74) is 5.34. The minimum Gasteiger partial charge on any atom is -0.346 e. The molecule has 1 fully saturated rings. The van der Waals surface area contributed by atoms with Crippen molar-refractivity contribution >= 4 is 20.7 Å². The Morgan fingerprint density at radius 2 is 1.65 bits per heavy atom. The molecular weight excluding hydrogens is 442 g/mol. The zero-order valence-electron chi connectivity index (χ0n) is 19.2. The van der Waals surface area contributed by atoms with Gasteiger partial charge in [-0.15, -0.1) is 0 Å². The number of sulfone groups is 1. The summed E-state index contributed by atoms with van der Waals surface area (Å²) in [6, 6.07) is 18.8. The Bertz CT molecular complexity index is 1470.